The van der Waals surface area contributed by atoms with Gasteiger partial charge in [-0.2, -0.15) is 0 Å². The molecule has 0 saturated heterocycles. The van der Waals surface area contributed by atoms with Crippen LogP contribution in [0.1, 0.15) is 19.8 Å². The van der Waals surface area contributed by atoms with Gasteiger partial charge in [0.1, 0.15) is 0 Å². The lowest BCUT2D eigenvalue weighted by atomic mass is 9.90. The molecule has 14 heavy (non-hydrogen) atoms. The first-order valence-corrected chi connectivity index (χ1v) is 6.28. The molecule has 1 rings (SSSR count). The summed E-state index contributed by atoms with van der Waals surface area (Å²) in [6, 6.07) is 0.0268. The third-order valence-electron chi connectivity index (χ3n) is 2.62. The largest absolute Gasteiger partial charge is 0.381 e. The summed E-state index contributed by atoms with van der Waals surface area (Å²) in [5.41, 5.74) is 5.30. The van der Waals surface area contributed by atoms with E-state index in [0.29, 0.717) is 0 Å². The molecular weight excluding hydrogens is 204 g/mol. The van der Waals surface area contributed by atoms with Crippen molar-refractivity contribution in [2.24, 2.45) is 5.73 Å². The van der Waals surface area contributed by atoms with Crippen LogP contribution in [0, 0.1) is 0 Å². The smallest absolute Gasteiger partial charge is 0.215 e. The first-order chi connectivity index (χ1) is 6.49. The van der Waals surface area contributed by atoms with Crippen molar-refractivity contribution in [3.8, 4) is 0 Å². The fraction of sp³-hybridized carbons (Fsp3) is 1.00. The van der Waals surface area contributed by atoms with Gasteiger partial charge in [0.25, 0.3) is 0 Å². The van der Waals surface area contributed by atoms with E-state index in [0.717, 1.165) is 12.8 Å². The van der Waals surface area contributed by atoms with Crippen LogP contribution in [-0.2, 0) is 14.8 Å². The zero-order valence-electron chi connectivity index (χ0n) is 8.56. The number of methoxy groups -OCH3 is 1. The summed E-state index contributed by atoms with van der Waals surface area (Å²) in [4.78, 5) is 0. The second kappa shape index (κ2) is 4.57. The molecule has 1 unspecified atom stereocenters. The molecule has 0 radical (unpaired) electrons. The highest BCUT2D eigenvalue weighted by atomic mass is 32.2. The van der Waals surface area contributed by atoms with Gasteiger partial charge in [-0.15, -0.1) is 0 Å². The highest BCUT2D eigenvalue weighted by Crippen LogP contribution is 2.23. The zero-order valence-corrected chi connectivity index (χ0v) is 9.38. The molecule has 1 atom stereocenters. The van der Waals surface area contributed by atoms with Crippen LogP contribution in [0.25, 0.3) is 0 Å². The van der Waals surface area contributed by atoms with Gasteiger partial charge in [-0.3, -0.25) is 0 Å². The summed E-state index contributed by atoms with van der Waals surface area (Å²) in [6.07, 6.45) is 1.72. The maximum atomic E-state index is 11.5. The first kappa shape index (κ1) is 11.9. The number of nitrogens with two attached hydrogens (primary N) is 1. The molecule has 84 valence electrons. The lowest BCUT2D eigenvalue weighted by molar-refractivity contribution is 0.0235. The third-order valence-corrected chi connectivity index (χ3v) is 4.53. The number of sulfonamides is 1. The van der Waals surface area contributed by atoms with E-state index < -0.39 is 15.3 Å². The third kappa shape index (κ3) is 2.66. The van der Waals surface area contributed by atoms with Crippen molar-refractivity contribution < 1.29 is 13.2 Å². The van der Waals surface area contributed by atoms with Crippen molar-refractivity contribution in [3.63, 3.8) is 0 Å². The van der Waals surface area contributed by atoms with Crippen LogP contribution in [-0.4, -0.2) is 39.5 Å². The van der Waals surface area contributed by atoms with E-state index in [1.165, 1.54) is 0 Å². The molecule has 0 aromatic rings. The predicted molar refractivity (Wildman–Crippen MR) is 54.4 cm³/mol. The van der Waals surface area contributed by atoms with Crippen LogP contribution >= 0.6 is 0 Å². The maximum Gasteiger partial charge on any atom is 0.215 e. The summed E-state index contributed by atoms with van der Waals surface area (Å²) in [5, 5.41) is -0.524. The van der Waals surface area contributed by atoms with Crippen LogP contribution in [0.5, 0.6) is 0 Å². The molecule has 6 heteroatoms. The lowest BCUT2D eigenvalue weighted by Gasteiger charge is -2.34. The minimum absolute atomic E-state index is 0.0268. The molecule has 5 nitrogen and oxygen atoms in total. The Labute approximate surface area is 85.1 Å². The molecule has 0 aliphatic heterocycles. The van der Waals surface area contributed by atoms with Crippen LogP contribution in [0.4, 0.5) is 0 Å². The van der Waals surface area contributed by atoms with Crippen molar-refractivity contribution in [1.82, 2.24) is 4.72 Å². The fourth-order valence-corrected chi connectivity index (χ4v) is 2.47. The van der Waals surface area contributed by atoms with Gasteiger partial charge < -0.3 is 10.5 Å². The van der Waals surface area contributed by atoms with Crippen molar-refractivity contribution in [2.75, 3.05) is 13.7 Å². The highest BCUT2D eigenvalue weighted by molar-refractivity contribution is 7.90. The normalized spacial score (nSPS) is 29.6. The van der Waals surface area contributed by atoms with Gasteiger partial charge in [-0.05, 0) is 19.8 Å². The van der Waals surface area contributed by atoms with Gasteiger partial charge in [-0.1, -0.05) is 0 Å². The van der Waals surface area contributed by atoms with Crippen molar-refractivity contribution in [1.29, 1.82) is 0 Å². The van der Waals surface area contributed by atoms with Gasteiger partial charge in [0.05, 0.1) is 11.4 Å². The number of hydrogen-bond donors (Lipinski definition) is 2. The van der Waals surface area contributed by atoms with E-state index in [2.05, 4.69) is 4.72 Å². The number of hydrogen-bond acceptors (Lipinski definition) is 4. The molecule has 1 aliphatic rings. The molecule has 3 N–H and O–H groups in total. The summed E-state index contributed by atoms with van der Waals surface area (Å²) < 4.78 is 30.7. The summed E-state index contributed by atoms with van der Waals surface area (Å²) in [5.74, 6) is 0. The lowest BCUT2D eigenvalue weighted by Crippen LogP contribution is -2.50. The molecule has 1 aliphatic carbocycles. The highest BCUT2D eigenvalue weighted by Gasteiger charge is 2.33. The Bertz CT molecular complexity index is 272. The summed E-state index contributed by atoms with van der Waals surface area (Å²) in [7, 11) is -1.60. The molecule has 0 spiro atoms. The Hall–Kier alpha value is -0.170. The van der Waals surface area contributed by atoms with Crippen molar-refractivity contribution in [2.45, 2.75) is 37.2 Å². The van der Waals surface area contributed by atoms with E-state index in [9.17, 15) is 8.42 Å². The van der Waals surface area contributed by atoms with Crippen LogP contribution in [0.15, 0.2) is 0 Å². The van der Waals surface area contributed by atoms with Crippen molar-refractivity contribution >= 4 is 10.0 Å². The molecular formula is C8H18N2O3S. The van der Waals surface area contributed by atoms with E-state index in [1.54, 1.807) is 14.0 Å². The fourth-order valence-electron chi connectivity index (χ4n) is 1.33. The Kier molecular flexibility index (Phi) is 3.88. The minimum Gasteiger partial charge on any atom is -0.381 e. The van der Waals surface area contributed by atoms with E-state index in [-0.39, 0.29) is 18.7 Å². The monoisotopic (exact) mass is 222 g/mol. The number of ether oxygens (including phenoxy) is 1. The Balaban J connectivity index is 2.38. The molecule has 1 saturated carbocycles. The van der Waals surface area contributed by atoms with Crippen LogP contribution in [0.2, 0.25) is 0 Å². The number of rotatable bonds is 5. The predicted octanol–water partition coefficient (Wildman–Crippen LogP) is -0.570. The van der Waals surface area contributed by atoms with Gasteiger partial charge in [0.2, 0.25) is 10.0 Å². The first-order valence-electron chi connectivity index (χ1n) is 4.73. The van der Waals surface area contributed by atoms with E-state index in [4.69, 9.17) is 10.5 Å². The topological polar surface area (TPSA) is 81.4 Å². The SMILES string of the molecule is COC1CC(NS(=O)(=O)C(C)CN)C1. The maximum absolute atomic E-state index is 11.5. The molecule has 1 fully saturated rings. The second-order valence-corrected chi connectivity index (χ2v) is 5.87. The van der Waals surface area contributed by atoms with Crippen molar-refractivity contribution in [3.05, 3.63) is 0 Å². The zero-order chi connectivity index (χ0) is 10.8. The quantitative estimate of drug-likeness (QED) is 0.653. The Morgan fingerprint density at radius 2 is 2.14 bits per heavy atom. The van der Waals surface area contributed by atoms with E-state index >= 15 is 0 Å². The van der Waals surface area contributed by atoms with Gasteiger partial charge in [0, 0.05) is 19.7 Å². The van der Waals surface area contributed by atoms with Gasteiger partial charge >= 0.3 is 0 Å². The Morgan fingerprint density at radius 3 is 2.57 bits per heavy atom. The van der Waals surface area contributed by atoms with Crippen LogP contribution < -0.4 is 10.5 Å². The Morgan fingerprint density at radius 1 is 1.57 bits per heavy atom. The molecule has 0 aromatic heterocycles. The molecule has 0 amide bonds. The standard InChI is InChI=1S/C8H18N2O3S/c1-6(5-9)14(11,12)10-7-3-8(4-7)13-2/h6-8,10H,3-5,9H2,1-2H3. The van der Waals surface area contributed by atoms with Gasteiger partial charge in [-0.25, -0.2) is 13.1 Å². The summed E-state index contributed by atoms with van der Waals surface area (Å²) >= 11 is 0. The van der Waals surface area contributed by atoms with E-state index in [1.807, 2.05) is 0 Å². The molecule has 0 bridgehead atoms. The van der Waals surface area contributed by atoms with Gasteiger partial charge in [0.15, 0.2) is 0 Å². The second-order valence-electron chi connectivity index (χ2n) is 3.74. The average Bonchev–Trinajstić information content (AvgIpc) is 2.09. The average molecular weight is 222 g/mol. The molecule has 0 heterocycles. The minimum atomic E-state index is -3.23. The summed E-state index contributed by atoms with van der Waals surface area (Å²) in [6.45, 7) is 1.75. The number of nitrogens with one attached hydrogen (secondary N) is 1. The molecule has 0 aromatic carbocycles. The van der Waals surface area contributed by atoms with Crippen LogP contribution in [0.3, 0.4) is 0 Å².